The Kier molecular flexibility index (Phi) is 4.61. The van der Waals surface area contributed by atoms with Crippen LogP contribution in [-0.2, 0) is 0 Å². The normalized spacial score (nSPS) is 14.3. The van der Waals surface area contributed by atoms with E-state index in [1.165, 1.54) is 10.4 Å². The number of hydrogen-bond acceptors (Lipinski definition) is 3. The molecule has 1 aromatic carbocycles. The maximum absolute atomic E-state index is 9.98. The Morgan fingerprint density at radius 1 is 1.32 bits per heavy atom. The SMILES string of the molecule is CCC(NC(C)c1cc(C)ccc1O)c1cccs1. The molecule has 0 amide bonds. The van der Waals surface area contributed by atoms with E-state index in [2.05, 4.69) is 36.7 Å². The highest BCUT2D eigenvalue weighted by Crippen LogP contribution is 2.29. The van der Waals surface area contributed by atoms with Crippen LogP contribution in [0.1, 0.15) is 48.4 Å². The second-order valence-corrected chi connectivity index (χ2v) is 5.91. The largest absolute Gasteiger partial charge is 0.508 e. The van der Waals surface area contributed by atoms with Crippen LogP contribution in [-0.4, -0.2) is 5.11 Å². The van der Waals surface area contributed by atoms with Gasteiger partial charge in [-0.3, -0.25) is 0 Å². The molecule has 2 rings (SSSR count). The molecule has 0 aliphatic carbocycles. The summed E-state index contributed by atoms with van der Waals surface area (Å²) in [5, 5.41) is 15.7. The lowest BCUT2D eigenvalue weighted by Gasteiger charge is -2.22. The third-order valence-corrected chi connectivity index (χ3v) is 4.38. The predicted octanol–water partition coefficient (Wildman–Crippen LogP) is 4.56. The van der Waals surface area contributed by atoms with Crippen LogP contribution in [0.15, 0.2) is 35.7 Å². The Morgan fingerprint density at radius 3 is 2.74 bits per heavy atom. The summed E-state index contributed by atoms with van der Waals surface area (Å²) in [6.45, 7) is 6.33. The second-order valence-electron chi connectivity index (χ2n) is 4.93. The number of nitrogens with one attached hydrogen (secondary N) is 1. The first-order chi connectivity index (χ1) is 9.11. The van der Waals surface area contributed by atoms with Crippen molar-refractivity contribution in [3.8, 4) is 5.75 Å². The number of benzene rings is 1. The summed E-state index contributed by atoms with van der Waals surface area (Å²) < 4.78 is 0. The van der Waals surface area contributed by atoms with Crippen LogP contribution in [0.3, 0.4) is 0 Å². The van der Waals surface area contributed by atoms with E-state index in [0.717, 1.165) is 12.0 Å². The van der Waals surface area contributed by atoms with E-state index in [0.29, 0.717) is 11.8 Å². The zero-order valence-electron chi connectivity index (χ0n) is 11.7. The quantitative estimate of drug-likeness (QED) is 0.838. The molecule has 0 saturated carbocycles. The van der Waals surface area contributed by atoms with Gasteiger partial charge in [0.25, 0.3) is 0 Å². The molecule has 0 saturated heterocycles. The van der Waals surface area contributed by atoms with E-state index in [4.69, 9.17) is 0 Å². The van der Waals surface area contributed by atoms with Crippen LogP contribution in [0.2, 0.25) is 0 Å². The minimum absolute atomic E-state index is 0.131. The monoisotopic (exact) mass is 275 g/mol. The Hall–Kier alpha value is -1.32. The molecule has 0 aliphatic heterocycles. The van der Waals surface area contributed by atoms with Crippen molar-refractivity contribution in [3.05, 3.63) is 51.7 Å². The first-order valence-corrected chi connectivity index (χ1v) is 7.58. The Morgan fingerprint density at radius 2 is 2.11 bits per heavy atom. The maximum atomic E-state index is 9.98. The molecule has 0 fully saturated rings. The standard InChI is InChI=1S/C16H21NOS/c1-4-14(16-6-5-9-19-16)17-12(3)13-10-11(2)7-8-15(13)18/h5-10,12,14,17-18H,4H2,1-3H3. The third kappa shape index (κ3) is 3.37. The van der Waals surface area contributed by atoms with Gasteiger partial charge in [-0.05, 0) is 37.8 Å². The highest BCUT2D eigenvalue weighted by molar-refractivity contribution is 7.10. The van der Waals surface area contributed by atoms with Gasteiger partial charge < -0.3 is 10.4 Å². The van der Waals surface area contributed by atoms with Crippen molar-refractivity contribution in [2.75, 3.05) is 0 Å². The summed E-state index contributed by atoms with van der Waals surface area (Å²) in [7, 11) is 0. The first kappa shape index (κ1) is 14.1. The molecular formula is C16H21NOS. The molecule has 1 heterocycles. The van der Waals surface area contributed by atoms with E-state index < -0.39 is 0 Å². The molecule has 3 heteroatoms. The molecule has 2 unspecified atom stereocenters. The molecule has 102 valence electrons. The molecule has 0 radical (unpaired) electrons. The number of rotatable bonds is 5. The van der Waals surface area contributed by atoms with Crippen molar-refractivity contribution in [3.63, 3.8) is 0 Å². The molecule has 2 aromatic rings. The number of aryl methyl sites for hydroxylation is 1. The fourth-order valence-corrected chi connectivity index (χ4v) is 3.17. The van der Waals surface area contributed by atoms with Gasteiger partial charge in [0, 0.05) is 22.5 Å². The van der Waals surface area contributed by atoms with Gasteiger partial charge in [-0.2, -0.15) is 0 Å². The number of phenolic OH excluding ortho intramolecular Hbond substituents is 1. The predicted molar refractivity (Wildman–Crippen MR) is 81.7 cm³/mol. The minimum Gasteiger partial charge on any atom is -0.508 e. The van der Waals surface area contributed by atoms with Gasteiger partial charge in [0.05, 0.1) is 0 Å². The van der Waals surface area contributed by atoms with Crippen LogP contribution in [0, 0.1) is 6.92 Å². The fraction of sp³-hybridized carbons (Fsp3) is 0.375. The number of hydrogen-bond donors (Lipinski definition) is 2. The lowest BCUT2D eigenvalue weighted by atomic mass is 10.0. The van der Waals surface area contributed by atoms with Gasteiger partial charge in [0.2, 0.25) is 0 Å². The Balaban J connectivity index is 2.15. The van der Waals surface area contributed by atoms with Crippen molar-refractivity contribution in [2.45, 2.75) is 39.3 Å². The van der Waals surface area contributed by atoms with Crippen LogP contribution >= 0.6 is 11.3 Å². The summed E-state index contributed by atoms with van der Waals surface area (Å²) >= 11 is 1.78. The fourth-order valence-electron chi connectivity index (χ4n) is 2.30. The summed E-state index contributed by atoms with van der Waals surface area (Å²) in [5.41, 5.74) is 2.14. The number of aromatic hydroxyl groups is 1. The van der Waals surface area contributed by atoms with E-state index >= 15 is 0 Å². The summed E-state index contributed by atoms with van der Waals surface area (Å²) in [4.78, 5) is 1.35. The lowest BCUT2D eigenvalue weighted by Crippen LogP contribution is -2.23. The highest BCUT2D eigenvalue weighted by atomic mass is 32.1. The second kappa shape index (κ2) is 6.22. The van der Waals surface area contributed by atoms with Crippen molar-refractivity contribution in [1.29, 1.82) is 0 Å². The third-order valence-electron chi connectivity index (χ3n) is 3.40. The highest BCUT2D eigenvalue weighted by Gasteiger charge is 2.16. The smallest absolute Gasteiger partial charge is 0.120 e. The Labute approximate surface area is 119 Å². The van der Waals surface area contributed by atoms with Crippen molar-refractivity contribution >= 4 is 11.3 Å². The number of phenols is 1. The molecule has 2 N–H and O–H groups in total. The van der Waals surface area contributed by atoms with E-state index in [-0.39, 0.29) is 6.04 Å². The van der Waals surface area contributed by atoms with Crippen molar-refractivity contribution in [2.24, 2.45) is 0 Å². The summed E-state index contributed by atoms with van der Waals surface area (Å²) in [6, 6.07) is 10.5. The van der Waals surface area contributed by atoms with Gasteiger partial charge in [-0.25, -0.2) is 0 Å². The molecule has 0 bridgehead atoms. The van der Waals surface area contributed by atoms with Crippen LogP contribution in [0.25, 0.3) is 0 Å². The van der Waals surface area contributed by atoms with Crippen LogP contribution < -0.4 is 5.32 Å². The molecule has 2 atom stereocenters. The maximum Gasteiger partial charge on any atom is 0.120 e. The van der Waals surface area contributed by atoms with Gasteiger partial charge in [0.15, 0.2) is 0 Å². The molecule has 1 aromatic heterocycles. The van der Waals surface area contributed by atoms with Crippen LogP contribution in [0.4, 0.5) is 0 Å². The average Bonchev–Trinajstić information content (AvgIpc) is 2.92. The lowest BCUT2D eigenvalue weighted by molar-refractivity contribution is 0.426. The summed E-state index contributed by atoms with van der Waals surface area (Å²) in [5.74, 6) is 0.367. The van der Waals surface area contributed by atoms with Crippen molar-refractivity contribution < 1.29 is 5.11 Å². The minimum atomic E-state index is 0.131. The van der Waals surface area contributed by atoms with Crippen molar-refractivity contribution in [1.82, 2.24) is 5.32 Å². The zero-order chi connectivity index (χ0) is 13.8. The van der Waals surface area contributed by atoms with Gasteiger partial charge in [0.1, 0.15) is 5.75 Å². The van der Waals surface area contributed by atoms with Gasteiger partial charge in [-0.15, -0.1) is 11.3 Å². The molecular weight excluding hydrogens is 254 g/mol. The molecule has 0 aliphatic rings. The first-order valence-electron chi connectivity index (χ1n) is 6.70. The topological polar surface area (TPSA) is 32.3 Å². The van der Waals surface area contributed by atoms with E-state index in [1.807, 2.05) is 19.1 Å². The molecule has 19 heavy (non-hydrogen) atoms. The Bertz CT molecular complexity index is 522. The molecule has 2 nitrogen and oxygen atoms in total. The van der Waals surface area contributed by atoms with Gasteiger partial charge >= 0.3 is 0 Å². The van der Waals surface area contributed by atoms with Crippen LogP contribution in [0.5, 0.6) is 5.75 Å². The van der Waals surface area contributed by atoms with E-state index in [1.54, 1.807) is 17.4 Å². The average molecular weight is 275 g/mol. The van der Waals surface area contributed by atoms with Gasteiger partial charge in [-0.1, -0.05) is 30.7 Å². The summed E-state index contributed by atoms with van der Waals surface area (Å²) in [6.07, 6.45) is 1.04. The van der Waals surface area contributed by atoms with E-state index in [9.17, 15) is 5.11 Å². The number of thiophene rings is 1. The zero-order valence-corrected chi connectivity index (χ0v) is 12.5. The molecule has 0 spiro atoms.